The molecule has 2 aromatic rings. The molecule has 5 aliphatic rings. The molecular weight excluding hydrogens is 712 g/mol. The highest BCUT2D eigenvalue weighted by atomic mass is 35.5. The molecule has 9 atom stereocenters. The molecule has 0 bridgehead atoms. The van der Waals surface area contributed by atoms with Gasteiger partial charge in [-0.05, 0) is 135 Å². The van der Waals surface area contributed by atoms with Gasteiger partial charge in [-0.3, -0.25) is 9.59 Å². The highest BCUT2D eigenvalue weighted by Crippen LogP contribution is 2.80. The Balaban J connectivity index is 1.21. The van der Waals surface area contributed by atoms with Crippen LogP contribution in [0.5, 0.6) is 0 Å². The van der Waals surface area contributed by atoms with Crippen LogP contribution >= 0.6 is 11.6 Å². The number of carbonyl (C=O) groups is 2. The standard InChI is InChI=1S/C46H63ClN2O6/c1-11-46-23-21-43(9)32(44(46,10)19-18-33(41(46,6)7)54-35(51)26-40(4,5)39(52)53)17-16-30-37-36(27(2)3)31(50)24-45(37,22-20-42(30,43)8)25-34-48-49-38(55-34)28-12-14-29(47)15-13-28/h11-15,27,30-33,50H,1,16-26H2,2-10H3,(H,52,53)/t30-,31?,32+,33+,42-,43-,44-,45+,46+/m1/s1. The molecule has 4 saturated carbocycles. The summed E-state index contributed by atoms with van der Waals surface area (Å²) in [6, 6.07) is 7.47. The fourth-order valence-corrected chi connectivity index (χ4v) is 14.0. The first-order valence-electron chi connectivity index (χ1n) is 20.7. The van der Waals surface area contributed by atoms with Gasteiger partial charge in [-0.25, -0.2) is 0 Å². The molecule has 55 heavy (non-hydrogen) atoms. The molecule has 2 N–H and O–H groups in total. The first-order chi connectivity index (χ1) is 25.6. The van der Waals surface area contributed by atoms with Gasteiger partial charge in [0.1, 0.15) is 6.10 Å². The molecule has 7 rings (SSSR count). The summed E-state index contributed by atoms with van der Waals surface area (Å²) in [5.41, 5.74) is 1.40. The minimum atomic E-state index is -1.19. The lowest BCUT2D eigenvalue weighted by molar-refractivity contribution is -0.260. The van der Waals surface area contributed by atoms with Crippen LogP contribution in [0.4, 0.5) is 0 Å². The van der Waals surface area contributed by atoms with Gasteiger partial charge in [-0.2, -0.15) is 0 Å². The fourth-order valence-electron chi connectivity index (χ4n) is 13.9. The number of carbonyl (C=O) groups excluding carboxylic acids is 1. The Bertz CT molecular complexity index is 1900. The molecular formula is C46H63ClN2O6. The third-order valence-corrected chi connectivity index (χ3v) is 17.3. The lowest BCUT2D eigenvalue weighted by atomic mass is 9.29. The maximum absolute atomic E-state index is 13.3. The third kappa shape index (κ3) is 5.75. The number of aromatic nitrogens is 2. The van der Waals surface area contributed by atoms with Crippen molar-refractivity contribution in [3.8, 4) is 11.5 Å². The van der Waals surface area contributed by atoms with E-state index in [2.05, 4.69) is 71.3 Å². The normalized spacial score (nSPS) is 38.1. The number of aliphatic hydroxyl groups is 1. The number of halogens is 1. The van der Waals surface area contributed by atoms with E-state index >= 15 is 0 Å². The van der Waals surface area contributed by atoms with Crippen molar-refractivity contribution >= 4 is 23.5 Å². The number of allylic oxidation sites excluding steroid dienone is 2. The summed E-state index contributed by atoms with van der Waals surface area (Å²) in [7, 11) is 0. The molecule has 1 heterocycles. The number of benzene rings is 1. The van der Waals surface area contributed by atoms with Gasteiger partial charge in [-0.1, -0.05) is 71.7 Å². The van der Waals surface area contributed by atoms with Crippen LogP contribution in [-0.4, -0.2) is 44.6 Å². The van der Waals surface area contributed by atoms with E-state index in [1.807, 2.05) is 24.3 Å². The van der Waals surface area contributed by atoms with Gasteiger partial charge >= 0.3 is 11.9 Å². The first kappa shape index (κ1) is 40.2. The van der Waals surface area contributed by atoms with E-state index in [1.54, 1.807) is 13.8 Å². The zero-order chi connectivity index (χ0) is 40.1. The van der Waals surface area contributed by atoms with Gasteiger partial charge in [0, 0.05) is 33.3 Å². The molecule has 5 aliphatic carbocycles. The van der Waals surface area contributed by atoms with Crippen molar-refractivity contribution in [1.82, 2.24) is 10.2 Å². The van der Waals surface area contributed by atoms with Crippen molar-refractivity contribution in [3.63, 3.8) is 0 Å². The Morgan fingerprint density at radius 3 is 2.29 bits per heavy atom. The van der Waals surface area contributed by atoms with Crippen molar-refractivity contribution < 1.29 is 29.0 Å². The number of carboxylic acid groups (broad SMARTS) is 1. The van der Waals surface area contributed by atoms with Gasteiger partial charge in [0.2, 0.25) is 11.8 Å². The number of hydrogen-bond acceptors (Lipinski definition) is 7. The Kier molecular flexibility index (Phi) is 9.72. The highest BCUT2D eigenvalue weighted by molar-refractivity contribution is 6.30. The lowest BCUT2D eigenvalue weighted by Crippen LogP contribution is -2.69. The molecule has 0 saturated heterocycles. The number of aliphatic carboxylic acids is 1. The zero-order valence-corrected chi connectivity index (χ0v) is 35.3. The second-order valence-electron chi connectivity index (χ2n) is 20.4. The minimum Gasteiger partial charge on any atom is -0.481 e. The van der Waals surface area contributed by atoms with Gasteiger partial charge in [-0.15, -0.1) is 16.8 Å². The van der Waals surface area contributed by atoms with Crippen molar-refractivity contribution in [3.05, 3.63) is 59.0 Å². The van der Waals surface area contributed by atoms with Gasteiger partial charge in [0.25, 0.3) is 0 Å². The number of ether oxygens (including phenoxy) is 1. The van der Waals surface area contributed by atoms with Gasteiger partial charge in [0.15, 0.2) is 0 Å². The monoisotopic (exact) mass is 774 g/mol. The first-order valence-corrected chi connectivity index (χ1v) is 21.1. The number of carboxylic acids is 1. The van der Waals surface area contributed by atoms with Crippen LogP contribution in [0.15, 0.2) is 52.5 Å². The number of nitrogens with zero attached hydrogens (tertiary/aromatic N) is 2. The van der Waals surface area contributed by atoms with E-state index in [-0.39, 0.29) is 45.5 Å². The molecule has 1 unspecified atom stereocenters. The molecule has 9 heteroatoms. The van der Waals surface area contributed by atoms with Crippen molar-refractivity contribution in [1.29, 1.82) is 0 Å². The molecule has 4 fully saturated rings. The molecule has 300 valence electrons. The Labute approximate surface area is 332 Å². The van der Waals surface area contributed by atoms with Crippen LogP contribution < -0.4 is 0 Å². The molecule has 1 aromatic carbocycles. The summed E-state index contributed by atoms with van der Waals surface area (Å²) in [6.07, 6.45) is 10.4. The number of fused-ring (bicyclic) bond motifs is 7. The second kappa shape index (κ2) is 13.3. The second-order valence-corrected chi connectivity index (χ2v) is 20.9. The largest absolute Gasteiger partial charge is 0.481 e. The van der Waals surface area contributed by atoms with Crippen molar-refractivity contribution in [2.75, 3.05) is 0 Å². The van der Waals surface area contributed by atoms with E-state index in [0.717, 1.165) is 56.9 Å². The Hall–Kier alpha value is -2.97. The number of aliphatic hydroxyl groups excluding tert-OH is 1. The quantitative estimate of drug-likeness (QED) is 0.191. The summed E-state index contributed by atoms with van der Waals surface area (Å²) in [6.45, 7) is 24.3. The van der Waals surface area contributed by atoms with Crippen LogP contribution in [-0.2, 0) is 20.7 Å². The summed E-state index contributed by atoms with van der Waals surface area (Å²) in [5, 5.41) is 31.3. The van der Waals surface area contributed by atoms with Crippen LogP contribution in [0.2, 0.25) is 5.02 Å². The number of rotatable bonds is 9. The summed E-state index contributed by atoms with van der Waals surface area (Å²) < 4.78 is 12.6. The Morgan fingerprint density at radius 1 is 0.982 bits per heavy atom. The molecule has 0 spiro atoms. The number of esters is 1. The highest BCUT2D eigenvalue weighted by Gasteiger charge is 2.74. The molecule has 0 aliphatic heterocycles. The topological polar surface area (TPSA) is 123 Å². The number of hydrogen-bond donors (Lipinski definition) is 2. The lowest BCUT2D eigenvalue weighted by Gasteiger charge is -2.75. The van der Waals surface area contributed by atoms with Crippen molar-refractivity contribution in [2.24, 2.45) is 55.7 Å². The molecule has 8 nitrogen and oxygen atoms in total. The predicted octanol–water partition coefficient (Wildman–Crippen LogP) is 10.7. The SMILES string of the molecule is C=C[C@@]12CC[C@]3(C)[C@H](CC[C@@H]4C5=C(C(C)C)C(O)C[C@]5(Cc5nnc(-c6ccc(Cl)cc6)o5)CC[C@]43C)[C@@]1(C)CC[C@H](OC(=O)CC(C)(C)C(=O)O)C2(C)C. The fraction of sp³-hybridized carbons (Fsp3) is 0.696. The summed E-state index contributed by atoms with van der Waals surface area (Å²) in [5.74, 6) is 0.650. The van der Waals surface area contributed by atoms with E-state index < -0.39 is 28.9 Å². The van der Waals surface area contributed by atoms with E-state index in [9.17, 15) is 19.8 Å². The van der Waals surface area contributed by atoms with E-state index in [4.69, 9.17) is 20.8 Å². The van der Waals surface area contributed by atoms with E-state index in [0.29, 0.717) is 41.5 Å². The van der Waals surface area contributed by atoms with Gasteiger partial charge < -0.3 is 19.4 Å². The summed E-state index contributed by atoms with van der Waals surface area (Å²) >= 11 is 6.15. The predicted molar refractivity (Wildman–Crippen MR) is 214 cm³/mol. The molecule has 0 radical (unpaired) electrons. The molecule has 1 aromatic heterocycles. The average Bonchev–Trinajstić information content (AvgIpc) is 3.68. The average molecular weight is 775 g/mol. The summed E-state index contributed by atoms with van der Waals surface area (Å²) in [4.78, 5) is 25.1. The minimum absolute atomic E-state index is 0.00840. The maximum Gasteiger partial charge on any atom is 0.309 e. The van der Waals surface area contributed by atoms with Crippen LogP contribution in [0.3, 0.4) is 0 Å². The molecule has 0 amide bonds. The van der Waals surface area contributed by atoms with Crippen LogP contribution in [0, 0.1) is 55.7 Å². The van der Waals surface area contributed by atoms with Gasteiger partial charge in [0.05, 0.1) is 17.9 Å². The van der Waals surface area contributed by atoms with E-state index in [1.165, 1.54) is 11.1 Å². The van der Waals surface area contributed by atoms with Crippen LogP contribution in [0.25, 0.3) is 11.5 Å². The Morgan fingerprint density at radius 2 is 1.65 bits per heavy atom. The smallest absolute Gasteiger partial charge is 0.309 e. The van der Waals surface area contributed by atoms with Crippen molar-refractivity contribution in [2.45, 2.75) is 145 Å². The van der Waals surface area contributed by atoms with Crippen LogP contribution in [0.1, 0.15) is 132 Å². The zero-order valence-electron chi connectivity index (χ0n) is 34.6. The maximum atomic E-state index is 13.3. The third-order valence-electron chi connectivity index (χ3n) is 17.0.